The summed E-state index contributed by atoms with van der Waals surface area (Å²) in [5.41, 5.74) is 2.84. The van der Waals surface area contributed by atoms with Crippen molar-refractivity contribution in [3.05, 3.63) is 72.3 Å². The molecule has 0 atom stereocenters. The van der Waals surface area contributed by atoms with E-state index in [-0.39, 0.29) is 12.4 Å². The van der Waals surface area contributed by atoms with Gasteiger partial charge >= 0.3 is 5.97 Å². The Kier molecular flexibility index (Phi) is 9.66. The van der Waals surface area contributed by atoms with E-state index < -0.39 is 5.97 Å². The topological polar surface area (TPSA) is 71.5 Å². The lowest BCUT2D eigenvalue weighted by atomic mass is 10.0. The number of thioether (sulfide) groups is 1. The average molecular weight is 447 g/mol. The van der Waals surface area contributed by atoms with Gasteiger partial charge in [-0.3, -0.25) is 4.98 Å². The van der Waals surface area contributed by atoms with Crippen molar-refractivity contribution < 1.29 is 19.0 Å². The molecule has 2 N–H and O–H groups in total. The molecule has 0 amide bonds. The fraction of sp³-hybridized carbons (Fsp3) is 0.182. The van der Waals surface area contributed by atoms with Crippen LogP contribution in [0.2, 0.25) is 0 Å². The molecule has 2 aromatic carbocycles. The molecule has 0 unspecified atom stereocenters. The predicted molar refractivity (Wildman–Crippen MR) is 121 cm³/mol. The summed E-state index contributed by atoms with van der Waals surface area (Å²) in [6, 6.07) is 13.7. The van der Waals surface area contributed by atoms with Crippen LogP contribution in [0.1, 0.15) is 5.56 Å². The number of hydrogen-bond donors (Lipinski definition) is 3. The minimum atomic E-state index is -0.999. The molecule has 0 aliphatic carbocycles. The molecule has 30 heavy (non-hydrogen) atoms. The number of carboxylic acids is 1. The Bertz CT molecular complexity index is 948. The number of carbonyl (C=O) groups is 1. The number of pyridine rings is 1. The quantitative estimate of drug-likeness (QED) is 0.359. The summed E-state index contributed by atoms with van der Waals surface area (Å²) in [6.45, 7) is 0.357. The van der Waals surface area contributed by atoms with Crippen LogP contribution in [0.15, 0.2) is 70.7 Å². The van der Waals surface area contributed by atoms with Crippen LogP contribution < -0.4 is 10.1 Å². The first kappa shape index (κ1) is 23.7. The van der Waals surface area contributed by atoms with Gasteiger partial charge in [0.15, 0.2) is 6.61 Å². The summed E-state index contributed by atoms with van der Waals surface area (Å²) in [5.74, 6) is -0.675. The summed E-state index contributed by atoms with van der Waals surface area (Å²) in [6.07, 6.45) is 5.54. The minimum absolute atomic E-state index is 0.220. The van der Waals surface area contributed by atoms with Gasteiger partial charge in [-0.25, -0.2) is 9.18 Å². The second-order valence-electron chi connectivity index (χ2n) is 6.13. The molecule has 3 aromatic rings. The molecular formula is C22H23FN2O3S2. The van der Waals surface area contributed by atoms with E-state index in [1.54, 1.807) is 42.4 Å². The molecule has 0 saturated carbocycles. The molecule has 5 nitrogen and oxygen atoms in total. The first-order chi connectivity index (χ1) is 14.4. The number of nitrogens with one attached hydrogen (secondary N) is 1. The lowest BCUT2D eigenvalue weighted by Crippen LogP contribution is -2.10. The zero-order chi connectivity index (χ0) is 21.9. The first-order valence-corrected chi connectivity index (χ1v) is 10.7. The number of thiol groups is 1. The van der Waals surface area contributed by atoms with Gasteiger partial charge in [0.1, 0.15) is 11.6 Å². The third kappa shape index (κ3) is 7.70. The molecule has 158 valence electrons. The van der Waals surface area contributed by atoms with Gasteiger partial charge in [-0.15, -0.1) is 24.4 Å². The molecule has 0 bridgehead atoms. The van der Waals surface area contributed by atoms with E-state index in [0.29, 0.717) is 5.75 Å². The SMILES string of the molecule is CNCc1ccc(OCC(=O)O)c(-c2cncc(SC)c2)c1.Fc1ccc(S)cc1. The molecule has 8 heteroatoms. The van der Waals surface area contributed by atoms with Crippen molar-refractivity contribution in [2.24, 2.45) is 0 Å². The third-order valence-electron chi connectivity index (χ3n) is 3.86. The molecular weight excluding hydrogens is 423 g/mol. The van der Waals surface area contributed by atoms with Gasteiger partial charge in [0.2, 0.25) is 0 Å². The normalized spacial score (nSPS) is 10.1. The monoisotopic (exact) mass is 446 g/mol. The van der Waals surface area contributed by atoms with Gasteiger partial charge in [0, 0.05) is 39.9 Å². The van der Waals surface area contributed by atoms with E-state index in [2.05, 4.69) is 22.9 Å². The Morgan fingerprint density at radius 2 is 1.93 bits per heavy atom. The molecule has 0 radical (unpaired) electrons. The summed E-state index contributed by atoms with van der Waals surface area (Å²) in [5, 5.41) is 11.9. The van der Waals surface area contributed by atoms with Crippen molar-refractivity contribution >= 4 is 30.4 Å². The maximum absolute atomic E-state index is 12.1. The number of hydrogen-bond acceptors (Lipinski definition) is 6. The van der Waals surface area contributed by atoms with Crippen molar-refractivity contribution in [1.82, 2.24) is 10.3 Å². The van der Waals surface area contributed by atoms with Crippen LogP contribution in [0, 0.1) is 5.82 Å². The number of carboxylic acid groups (broad SMARTS) is 1. The van der Waals surface area contributed by atoms with Gasteiger partial charge in [-0.05, 0) is 61.3 Å². The molecule has 0 saturated heterocycles. The summed E-state index contributed by atoms with van der Waals surface area (Å²) >= 11 is 5.57. The van der Waals surface area contributed by atoms with Crippen LogP contribution in [0.25, 0.3) is 11.1 Å². The highest BCUT2D eigenvalue weighted by atomic mass is 32.2. The van der Waals surface area contributed by atoms with E-state index >= 15 is 0 Å². The number of aromatic nitrogens is 1. The average Bonchev–Trinajstić information content (AvgIpc) is 2.75. The molecule has 1 aromatic heterocycles. The fourth-order valence-electron chi connectivity index (χ4n) is 2.50. The van der Waals surface area contributed by atoms with Crippen LogP contribution in [0.4, 0.5) is 4.39 Å². The smallest absolute Gasteiger partial charge is 0.341 e. The second-order valence-corrected chi connectivity index (χ2v) is 7.53. The Morgan fingerprint density at radius 3 is 2.53 bits per heavy atom. The minimum Gasteiger partial charge on any atom is -0.481 e. The summed E-state index contributed by atoms with van der Waals surface area (Å²) in [7, 11) is 1.88. The number of benzene rings is 2. The van der Waals surface area contributed by atoms with Crippen molar-refractivity contribution in [1.29, 1.82) is 0 Å². The Morgan fingerprint density at radius 1 is 1.20 bits per heavy atom. The number of rotatable bonds is 7. The molecule has 0 aliphatic rings. The highest BCUT2D eigenvalue weighted by molar-refractivity contribution is 7.98. The van der Waals surface area contributed by atoms with Crippen LogP contribution in [-0.2, 0) is 11.3 Å². The zero-order valence-electron chi connectivity index (χ0n) is 16.6. The maximum Gasteiger partial charge on any atom is 0.341 e. The Balaban J connectivity index is 0.000000335. The first-order valence-electron chi connectivity index (χ1n) is 8.99. The Hall–Kier alpha value is -2.55. The molecule has 0 spiro atoms. The predicted octanol–water partition coefficient (Wildman–Crippen LogP) is 4.77. The molecule has 0 fully saturated rings. The number of halogens is 1. The molecule has 0 aliphatic heterocycles. The van der Waals surface area contributed by atoms with Crippen LogP contribution >= 0.6 is 24.4 Å². The van der Waals surface area contributed by atoms with Gasteiger partial charge in [0.25, 0.3) is 0 Å². The van der Waals surface area contributed by atoms with Gasteiger partial charge in [-0.2, -0.15) is 0 Å². The fourth-order valence-corrected chi connectivity index (χ4v) is 3.06. The standard InChI is InChI=1S/C16H18N2O3S.C6H5FS/c1-17-7-11-3-4-15(21-10-16(19)20)14(5-11)12-6-13(22-2)9-18-8-12;7-5-1-3-6(8)4-2-5/h3-6,8-9,17H,7,10H2,1-2H3,(H,19,20);1-4,8H. The van der Waals surface area contributed by atoms with E-state index in [0.717, 1.165) is 33.0 Å². The lowest BCUT2D eigenvalue weighted by Gasteiger charge is -2.13. The Labute approximate surface area is 185 Å². The number of ether oxygens (including phenoxy) is 1. The van der Waals surface area contributed by atoms with Crippen molar-refractivity contribution in [3.8, 4) is 16.9 Å². The van der Waals surface area contributed by atoms with Crippen LogP contribution in [0.3, 0.4) is 0 Å². The van der Waals surface area contributed by atoms with E-state index in [1.807, 2.05) is 31.5 Å². The van der Waals surface area contributed by atoms with Crippen molar-refractivity contribution in [2.45, 2.75) is 16.3 Å². The molecule has 3 rings (SSSR count). The zero-order valence-corrected chi connectivity index (χ0v) is 18.3. The second kappa shape index (κ2) is 12.2. The number of aliphatic carboxylic acids is 1. The van der Waals surface area contributed by atoms with Crippen molar-refractivity contribution in [3.63, 3.8) is 0 Å². The van der Waals surface area contributed by atoms with Crippen molar-refractivity contribution in [2.75, 3.05) is 19.9 Å². The van der Waals surface area contributed by atoms with Crippen LogP contribution in [-0.4, -0.2) is 36.0 Å². The highest BCUT2D eigenvalue weighted by Gasteiger charge is 2.10. The maximum atomic E-state index is 12.1. The highest BCUT2D eigenvalue weighted by Crippen LogP contribution is 2.32. The van der Waals surface area contributed by atoms with E-state index in [1.165, 1.54) is 12.1 Å². The lowest BCUT2D eigenvalue weighted by molar-refractivity contribution is -0.139. The van der Waals surface area contributed by atoms with Gasteiger partial charge < -0.3 is 15.2 Å². The summed E-state index contributed by atoms with van der Waals surface area (Å²) < 4.78 is 17.5. The third-order valence-corrected chi connectivity index (χ3v) is 4.86. The van der Waals surface area contributed by atoms with Gasteiger partial charge in [0.05, 0.1) is 0 Å². The van der Waals surface area contributed by atoms with E-state index in [9.17, 15) is 9.18 Å². The largest absolute Gasteiger partial charge is 0.481 e. The van der Waals surface area contributed by atoms with Crippen LogP contribution in [0.5, 0.6) is 5.75 Å². The molecule has 1 heterocycles. The summed E-state index contributed by atoms with van der Waals surface area (Å²) in [4.78, 5) is 16.8. The van der Waals surface area contributed by atoms with Gasteiger partial charge in [-0.1, -0.05) is 6.07 Å². The van der Waals surface area contributed by atoms with E-state index in [4.69, 9.17) is 9.84 Å². The number of nitrogens with zero attached hydrogens (tertiary/aromatic N) is 1.